The van der Waals surface area contributed by atoms with Crippen LogP contribution in [0.3, 0.4) is 0 Å². The van der Waals surface area contributed by atoms with Gasteiger partial charge in [-0.25, -0.2) is 4.39 Å². The van der Waals surface area contributed by atoms with Crippen molar-refractivity contribution in [3.8, 4) is 0 Å². The number of fused-ring (bicyclic) bond motifs is 1. The number of aryl methyl sites for hydroxylation is 2. The molecule has 0 aliphatic heterocycles. The standard InChI is InChI=1S/C14H12FN3O2/c1-7-5-12(18-17-7)16-14(19)13-8(2)10-6-9(15)3-4-11(10)20-13/h3-6H,1-2H3,(H2,16,17,18,19). The summed E-state index contributed by atoms with van der Waals surface area (Å²) in [7, 11) is 0. The van der Waals surface area contributed by atoms with Crippen molar-refractivity contribution in [2.24, 2.45) is 0 Å². The van der Waals surface area contributed by atoms with Gasteiger partial charge in [-0.1, -0.05) is 0 Å². The summed E-state index contributed by atoms with van der Waals surface area (Å²) in [4.78, 5) is 12.1. The Morgan fingerprint density at radius 2 is 2.15 bits per heavy atom. The van der Waals surface area contributed by atoms with Gasteiger partial charge in [-0.2, -0.15) is 5.10 Å². The molecule has 20 heavy (non-hydrogen) atoms. The molecule has 0 saturated heterocycles. The van der Waals surface area contributed by atoms with E-state index in [2.05, 4.69) is 15.5 Å². The lowest BCUT2D eigenvalue weighted by atomic mass is 10.1. The third-order valence-corrected chi connectivity index (χ3v) is 3.05. The van der Waals surface area contributed by atoms with Gasteiger partial charge in [0.1, 0.15) is 11.4 Å². The molecule has 6 heteroatoms. The number of benzene rings is 1. The van der Waals surface area contributed by atoms with Crippen LogP contribution >= 0.6 is 0 Å². The molecule has 2 N–H and O–H groups in total. The molecule has 3 aromatic rings. The van der Waals surface area contributed by atoms with Crippen LogP contribution in [0.15, 0.2) is 28.7 Å². The molecule has 1 aromatic carbocycles. The third-order valence-electron chi connectivity index (χ3n) is 3.05. The van der Waals surface area contributed by atoms with E-state index in [0.29, 0.717) is 22.4 Å². The van der Waals surface area contributed by atoms with Crippen LogP contribution in [-0.2, 0) is 0 Å². The van der Waals surface area contributed by atoms with Crippen molar-refractivity contribution in [1.29, 1.82) is 0 Å². The first-order chi connectivity index (χ1) is 9.54. The van der Waals surface area contributed by atoms with Gasteiger partial charge in [0.2, 0.25) is 0 Å². The van der Waals surface area contributed by atoms with Gasteiger partial charge in [0.15, 0.2) is 11.6 Å². The zero-order valence-corrected chi connectivity index (χ0v) is 11.0. The van der Waals surface area contributed by atoms with Crippen molar-refractivity contribution in [3.05, 3.63) is 47.1 Å². The van der Waals surface area contributed by atoms with Crippen LogP contribution < -0.4 is 5.32 Å². The largest absolute Gasteiger partial charge is 0.451 e. The number of nitrogens with one attached hydrogen (secondary N) is 2. The van der Waals surface area contributed by atoms with E-state index in [1.807, 2.05) is 6.92 Å². The van der Waals surface area contributed by atoms with E-state index in [4.69, 9.17) is 4.42 Å². The SMILES string of the molecule is Cc1cc(NC(=O)c2oc3ccc(F)cc3c2C)n[nH]1. The number of furan rings is 1. The third kappa shape index (κ3) is 2.05. The highest BCUT2D eigenvalue weighted by Gasteiger charge is 2.18. The van der Waals surface area contributed by atoms with Crippen molar-refractivity contribution in [1.82, 2.24) is 10.2 Å². The van der Waals surface area contributed by atoms with Crippen LogP contribution in [-0.4, -0.2) is 16.1 Å². The van der Waals surface area contributed by atoms with Crippen LogP contribution in [0.2, 0.25) is 0 Å². The molecule has 0 spiro atoms. The number of carbonyl (C=O) groups excluding carboxylic acids is 1. The number of rotatable bonds is 2. The molecule has 0 radical (unpaired) electrons. The number of aromatic amines is 1. The molecule has 0 aliphatic carbocycles. The van der Waals surface area contributed by atoms with Crippen molar-refractivity contribution in [3.63, 3.8) is 0 Å². The Labute approximate surface area is 113 Å². The Hall–Kier alpha value is -2.63. The number of halogens is 1. The second kappa shape index (κ2) is 4.48. The average molecular weight is 273 g/mol. The molecule has 0 atom stereocenters. The molecule has 0 saturated carbocycles. The van der Waals surface area contributed by atoms with E-state index in [9.17, 15) is 9.18 Å². The zero-order chi connectivity index (χ0) is 14.3. The van der Waals surface area contributed by atoms with E-state index < -0.39 is 5.91 Å². The van der Waals surface area contributed by atoms with Crippen LogP contribution in [0.25, 0.3) is 11.0 Å². The van der Waals surface area contributed by atoms with E-state index >= 15 is 0 Å². The molecule has 1 amide bonds. The fraction of sp³-hybridized carbons (Fsp3) is 0.143. The summed E-state index contributed by atoms with van der Waals surface area (Å²) in [5.74, 6) is -0.202. The van der Waals surface area contributed by atoms with Crippen LogP contribution in [0, 0.1) is 19.7 Å². The van der Waals surface area contributed by atoms with Gasteiger partial charge < -0.3 is 9.73 Å². The molecular weight excluding hydrogens is 261 g/mol. The normalized spacial score (nSPS) is 10.9. The second-order valence-electron chi connectivity index (χ2n) is 4.59. The summed E-state index contributed by atoms with van der Waals surface area (Å²) < 4.78 is 18.7. The highest BCUT2D eigenvalue weighted by Crippen LogP contribution is 2.26. The molecule has 102 valence electrons. The lowest BCUT2D eigenvalue weighted by Gasteiger charge is -1.98. The smallest absolute Gasteiger partial charge is 0.292 e. The molecule has 2 aromatic heterocycles. The predicted octanol–water partition coefficient (Wildman–Crippen LogP) is 3.16. The minimum Gasteiger partial charge on any atom is -0.451 e. The Kier molecular flexibility index (Phi) is 2.78. The first-order valence-corrected chi connectivity index (χ1v) is 6.06. The highest BCUT2D eigenvalue weighted by molar-refractivity contribution is 6.06. The van der Waals surface area contributed by atoms with Gasteiger partial charge in [0.05, 0.1) is 0 Å². The minimum atomic E-state index is -0.411. The topological polar surface area (TPSA) is 70.9 Å². The van der Waals surface area contributed by atoms with Gasteiger partial charge in [0, 0.05) is 22.7 Å². The number of carbonyl (C=O) groups is 1. The van der Waals surface area contributed by atoms with Gasteiger partial charge in [0.25, 0.3) is 5.91 Å². The molecule has 5 nitrogen and oxygen atoms in total. The number of aromatic nitrogens is 2. The zero-order valence-electron chi connectivity index (χ0n) is 11.0. The summed E-state index contributed by atoms with van der Waals surface area (Å²) in [5.41, 5.74) is 1.92. The van der Waals surface area contributed by atoms with E-state index in [0.717, 1.165) is 5.69 Å². The number of anilines is 1. The molecule has 0 aliphatic rings. The van der Waals surface area contributed by atoms with Crippen molar-refractivity contribution < 1.29 is 13.6 Å². The Morgan fingerprint density at radius 1 is 1.35 bits per heavy atom. The van der Waals surface area contributed by atoms with Crippen molar-refractivity contribution in [2.75, 3.05) is 5.32 Å². The highest BCUT2D eigenvalue weighted by atomic mass is 19.1. The van der Waals surface area contributed by atoms with Crippen LogP contribution in [0.1, 0.15) is 21.8 Å². The number of amides is 1. The molecular formula is C14H12FN3O2. The molecule has 2 heterocycles. The monoisotopic (exact) mass is 273 g/mol. The summed E-state index contributed by atoms with van der Waals surface area (Å²) >= 11 is 0. The van der Waals surface area contributed by atoms with Gasteiger partial charge in [-0.15, -0.1) is 0 Å². The Balaban J connectivity index is 1.97. The van der Waals surface area contributed by atoms with Crippen molar-refractivity contribution >= 4 is 22.7 Å². The lowest BCUT2D eigenvalue weighted by Crippen LogP contribution is -2.12. The van der Waals surface area contributed by atoms with Gasteiger partial charge in [-0.05, 0) is 32.0 Å². The predicted molar refractivity (Wildman–Crippen MR) is 72.2 cm³/mol. The lowest BCUT2D eigenvalue weighted by molar-refractivity contribution is 0.0997. The van der Waals surface area contributed by atoms with E-state index in [-0.39, 0.29) is 11.6 Å². The van der Waals surface area contributed by atoms with Crippen LogP contribution in [0.5, 0.6) is 0 Å². The first kappa shape index (κ1) is 12.4. The number of nitrogens with zero attached hydrogens (tertiary/aromatic N) is 1. The van der Waals surface area contributed by atoms with Crippen LogP contribution in [0.4, 0.5) is 10.2 Å². The fourth-order valence-electron chi connectivity index (χ4n) is 2.06. The molecule has 0 bridgehead atoms. The number of hydrogen-bond donors (Lipinski definition) is 2. The van der Waals surface area contributed by atoms with Gasteiger partial charge in [-0.3, -0.25) is 9.89 Å². The second-order valence-corrected chi connectivity index (χ2v) is 4.59. The molecule has 3 rings (SSSR count). The quantitative estimate of drug-likeness (QED) is 0.753. The maximum absolute atomic E-state index is 13.2. The first-order valence-electron chi connectivity index (χ1n) is 6.06. The summed E-state index contributed by atoms with van der Waals surface area (Å²) in [6, 6.07) is 5.86. The van der Waals surface area contributed by atoms with E-state index in [1.165, 1.54) is 18.2 Å². The number of H-pyrrole nitrogens is 1. The molecule has 0 unspecified atom stereocenters. The summed E-state index contributed by atoms with van der Waals surface area (Å²) in [5, 5.41) is 9.87. The fourth-order valence-corrected chi connectivity index (χ4v) is 2.06. The average Bonchev–Trinajstić information content (AvgIpc) is 2.94. The summed E-state index contributed by atoms with van der Waals surface area (Å²) in [6.45, 7) is 3.55. The van der Waals surface area contributed by atoms with Crippen molar-refractivity contribution in [2.45, 2.75) is 13.8 Å². The Bertz CT molecular complexity index is 804. The Morgan fingerprint density at radius 3 is 2.85 bits per heavy atom. The van der Waals surface area contributed by atoms with Gasteiger partial charge >= 0.3 is 0 Å². The number of hydrogen-bond acceptors (Lipinski definition) is 3. The minimum absolute atomic E-state index is 0.159. The van der Waals surface area contributed by atoms with E-state index in [1.54, 1.807) is 13.0 Å². The maximum atomic E-state index is 13.2. The summed E-state index contributed by atoms with van der Waals surface area (Å²) in [6.07, 6.45) is 0. The molecule has 0 fully saturated rings. The maximum Gasteiger partial charge on any atom is 0.292 e.